The first-order valence-electron chi connectivity index (χ1n) is 4.49. The summed E-state index contributed by atoms with van der Waals surface area (Å²) in [7, 11) is 1.61. The summed E-state index contributed by atoms with van der Waals surface area (Å²) in [5.41, 5.74) is 1.59. The molecule has 0 N–H and O–H groups in total. The number of hydrogen-bond acceptors (Lipinski definition) is 2. The second-order valence-corrected chi connectivity index (χ2v) is 4.58. The summed E-state index contributed by atoms with van der Waals surface area (Å²) in [5, 5.41) is 0. The van der Waals surface area contributed by atoms with Gasteiger partial charge in [-0.05, 0) is 30.7 Å². The molecule has 1 atom stereocenters. The van der Waals surface area contributed by atoms with Crippen LogP contribution in [0.5, 0.6) is 5.75 Å². The highest BCUT2D eigenvalue weighted by molar-refractivity contribution is 9.10. The van der Waals surface area contributed by atoms with Gasteiger partial charge in [0.25, 0.3) is 0 Å². The van der Waals surface area contributed by atoms with Gasteiger partial charge in [0.2, 0.25) is 0 Å². The van der Waals surface area contributed by atoms with Crippen LogP contribution in [0.1, 0.15) is 15.9 Å². The van der Waals surface area contributed by atoms with Crippen molar-refractivity contribution in [2.24, 2.45) is 0 Å². The van der Waals surface area contributed by atoms with E-state index >= 15 is 0 Å². The predicted octanol–water partition coefficient (Wildman–Crippen LogP) is 3.19. The Morgan fingerprint density at radius 2 is 2.27 bits per heavy atom. The lowest BCUT2D eigenvalue weighted by molar-refractivity contribution is 0.0996. The largest absolute Gasteiger partial charge is 0.496 e. The summed E-state index contributed by atoms with van der Waals surface area (Å²) in [6.07, 6.45) is 0. The Hall–Kier alpha value is -0.540. The van der Waals surface area contributed by atoms with Crippen LogP contribution in [0, 0.1) is 6.92 Å². The van der Waals surface area contributed by atoms with Gasteiger partial charge in [-0.25, -0.2) is 0 Å². The van der Waals surface area contributed by atoms with Gasteiger partial charge in [0.05, 0.1) is 11.9 Å². The number of methoxy groups -OCH3 is 1. The molecule has 0 aliphatic rings. The lowest BCUT2D eigenvalue weighted by Gasteiger charge is -2.08. The van der Waals surface area contributed by atoms with Gasteiger partial charge in [-0.2, -0.15) is 0 Å². The summed E-state index contributed by atoms with van der Waals surface area (Å²) in [4.78, 5) is 11.4. The molecule has 0 heterocycles. The van der Waals surface area contributed by atoms with Gasteiger partial charge in [-0.3, -0.25) is 4.79 Å². The van der Waals surface area contributed by atoms with Gasteiger partial charge in [0.15, 0.2) is 5.78 Å². The minimum atomic E-state index is -0.327. The lowest BCUT2D eigenvalue weighted by Crippen LogP contribution is -2.15. The molecule has 1 rings (SSSR count). The van der Waals surface area contributed by atoms with Crippen LogP contribution in [0.25, 0.3) is 0 Å². The SMILES string of the molecule is COc1ccc(C(=O)C(Br)CCl)cc1C. The molecule has 15 heavy (non-hydrogen) atoms. The smallest absolute Gasteiger partial charge is 0.177 e. The maximum absolute atomic E-state index is 11.8. The van der Waals surface area contributed by atoms with Gasteiger partial charge in [-0.1, -0.05) is 15.9 Å². The van der Waals surface area contributed by atoms with Crippen molar-refractivity contribution in [2.45, 2.75) is 11.8 Å². The van der Waals surface area contributed by atoms with E-state index in [0.29, 0.717) is 5.56 Å². The molecule has 0 amide bonds. The van der Waals surface area contributed by atoms with E-state index in [4.69, 9.17) is 16.3 Å². The van der Waals surface area contributed by atoms with Crippen LogP contribution in [-0.4, -0.2) is 23.6 Å². The van der Waals surface area contributed by atoms with Crippen molar-refractivity contribution in [3.8, 4) is 5.75 Å². The zero-order valence-electron chi connectivity index (χ0n) is 8.59. The highest BCUT2D eigenvalue weighted by atomic mass is 79.9. The van der Waals surface area contributed by atoms with E-state index in [2.05, 4.69) is 15.9 Å². The molecule has 2 nitrogen and oxygen atoms in total. The molecule has 0 saturated carbocycles. The van der Waals surface area contributed by atoms with E-state index in [9.17, 15) is 4.79 Å². The third kappa shape index (κ3) is 2.95. The molecule has 1 aromatic rings. The average molecular weight is 292 g/mol. The van der Waals surface area contributed by atoms with Gasteiger partial charge < -0.3 is 4.74 Å². The van der Waals surface area contributed by atoms with E-state index in [1.54, 1.807) is 19.2 Å². The minimum absolute atomic E-state index is 0.00393. The maximum Gasteiger partial charge on any atom is 0.177 e. The van der Waals surface area contributed by atoms with Crippen LogP contribution in [-0.2, 0) is 0 Å². The van der Waals surface area contributed by atoms with Crippen molar-refractivity contribution >= 4 is 33.3 Å². The van der Waals surface area contributed by atoms with Crippen LogP contribution in [0.4, 0.5) is 0 Å². The lowest BCUT2D eigenvalue weighted by atomic mass is 10.1. The number of ether oxygens (including phenoxy) is 1. The Kier molecular flexibility index (Phi) is 4.61. The van der Waals surface area contributed by atoms with Gasteiger partial charge in [-0.15, -0.1) is 11.6 Å². The van der Waals surface area contributed by atoms with Gasteiger partial charge in [0, 0.05) is 11.4 Å². The quantitative estimate of drug-likeness (QED) is 0.629. The highest BCUT2D eigenvalue weighted by Crippen LogP contribution is 2.20. The number of aryl methyl sites for hydroxylation is 1. The van der Waals surface area contributed by atoms with Crippen molar-refractivity contribution in [1.29, 1.82) is 0 Å². The summed E-state index contributed by atoms with van der Waals surface area (Å²) in [6, 6.07) is 5.34. The van der Waals surface area contributed by atoms with E-state index in [1.807, 2.05) is 13.0 Å². The molecular weight excluding hydrogens is 279 g/mol. The summed E-state index contributed by atoms with van der Waals surface area (Å²) >= 11 is 8.83. The topological polar surface area (TPSA) is 26.3 Å². The Balaban J connectivity index is 2.97. The Bertz CT molecular complexity index is 366. The first-order valence-corrected chi connectivity index (χ1v) is 5.94. The Labute approximate surface area is 103 Å². The number of benzene rings is 1. The van der Waals surface area contributed by atoms with Gasteiger partial charge >= 0.3 is 0 Å². The van der Waals surface area contributed by atoms with Crippen molar-refractivity contribution in [1.82, 2.24) is 0 Å². The molecule has 0 radical (unpaired) electrons. The number of carbonyl (C=O) groups excluding carboxylic acids is 1. The predicted molar refractivity (Wildman–Crippen MR) is 65.5 cm³/mol. The van der Waals surface area contributed by atoms with Crippen molar-refractivity contribution < 1.29 is 9.53 Å². The fraction of sp³-hybridized carbons (Fsp3) is 0.364. The number of alkyl halides is 2. The van der Waals surface area contributed by atoms with Crippen molar-refractivity contribution in [3.05, 3.63) is 29.3 Å². The van der Waals surface area contributed by atoms with Crippen LogP contribution in [0.2, 0.25) is 0 Å². The molecule has 0 aliphatic heterocycles. The number of carbonyl (C=O) groups is 1. The second kappa shape index (κ2) is 5.52. The molecule has 1 unspecified atom stereocenters. The molecule has 82 valence electrons. The Morgan fingerprint density at radius 1 is 1.60 bits per heavy atom. The number of hydrogen-bond donors (Lipinski definition) is 0. The number of Topliss-reactive ketones (excluding diaryl/α,β-unsaturated/α-hetero) is 1. The summed E-state index contributed by atoms with van der Waals surface area (Å²) in [5.74, 6) is 1.04. The molecule has 0 aliphatic carbocycles. The molecule has 0 fully saturated rings. The Morgan fingerprint density at radius 3 is 2.73 bits per heavy atom. The standard InChI is InChI=1S/C11H12BrClO2/c1-7-5-8(3-4-10(7)15-2)11(14)9(12)6-13/h3-5,9H,6H2,1-2H3. The molecule has 0 spiro atoms. The fourth-order valence-corrected chi connectivity index (χ4v) is 1.69. The second-order valence-electron chi connectivity index (χ2n) is 3.17. The molecule has 1 aromatic carbocycles. The fourth-order valence-electron chi connectivity index (χ4n) is 1.28. The molecule has 4 heteroatoms. The van der Waals surface area contributed by atoms with Crippen molar-refractivity contribution in [3.63, 3.8) is 0 Å². The van der Waals surface area contributed by atoms with Crippen molar-refractivity contribution in [2.75, 3.05) is 13.0 Å². The molecule has 0 bridgehead atoms. The van der Waals surface area contributed by atoms with E-state index in [-0.39, 0.29) is 16.5 Å². The third-order valence-corrected chi connectivity index (χ3v) is 3.52. The van der Waals surface area contributed by atoms with Crippen LogP contribution in [0.3, 0.4) is 0 Å². The van der Waals surface area contributed by atoms with Gasteiger partial charge in [0.1, 0.15) is 5.75 Å². The van der Waals surface area contributed by atoms with E-state index in [1.165, 1.54) is 0 Å². The van der Waals surface area contributed by atoms with E-state index in [0.717, 1.165) is 11.3 Å². The number of halogens is 2. The summed E-state index contributed by atoms with van der Waals surface area (Å²) in [6.45, 7) is 1.90. The normalized spacial score (nSPS) is 12.3. The third-order valence-electron chi connectivity index (χ3n) is 2.10. The zero-order chi connectivity index (χ0) is 11.4. The van der Waals surface area contributed by atoms with Crippen LogP contribution >= 0.6 is 27.5 Å². The maximum atomic E-state index is 11.8. The first-order chi connectivity index (χ1) is 7.10. The van der Waals surface area contributed by atoms with Crippen LogP contribution < -0.4 is 4.74 Å². The monoisotopic (exact) mass is 290 g/mol. The summed E-state index contributed by atoms with van der Waals surface area (Å²) < 4.78 is 5.12. The molecule has 0 aromatic heterocycles. The molecular formula is C11H12BrClO2. The van der Waals surface area contributed by atoms with E-state index < -0.39 is 0 Å². The van der Waals surface area contributed by atoms with Crippen LogP contribution in [0.15, 0.2) is 18.2 Å². The average Bonchev–Trinajstić information content (AvgIpc) is 2.26. The first kappa shape index (κ1) is 12.5. The number of rotatable bonds is 4. The zero-order valence-corrected chi connectivity index (χ0v) is 10.9. The minimum Gasteiger partial charge on any atom is -0.496 e. The molecule has 0 saturated heterocycles. The highest BCUT2D eigenvalue weighted by Gasteiger charge is 2.16. The number of ketones is 1.